The lowest BCUT2D eigenvalue weighted by Crippen LogP contribution is -2.67. The Morgan fingerprint density at radius 1 is 0.746 bits per heavy atom. The molecule has 67 heavy (non-hydrogen) atoms. The van der Waals surface area contributed by atoms with Crippen molar-refractivity contribution in [3.05, 3.63) is 48.0 Å². The molecule has 8 rings (SSSR count). The number of amides is 1. The van der Waals surface area contributed by atoms with E-state index in [0.29, 0.717) is 38.5 Å². The van der Waals surface area contributed by atoms with Crippen molar-refractivity contribution in [2.45, 2.75) is 183 Å². The van der Waals surface area contributed by atoms with Crippen molar-refractivity contribution in [3.8, 4) is 0 Å². The number of carboxylic acids is 1. The van der Waals surface area contributed by atoms with E-state index in [9.17, 15) is 60.7 Å². The maximum atomic E-state index is 14.4. The number of fused-ring (bicyclic) bond motifs is 3. The number of rotatable bonds is 14. The molecule has 1 aromatic rings. The summed E-state index contributed by atoms with van der Waals surface area (Å²) in [6.07, 6.45) is -16.3. The number of aliphatic carboxylic acids is 1. The van der Waals surface area contributed by atoms with E-state index in [1.54, 1.807) is 6.92 Å². The Morgan fingerprint density at radius 3 is 2.00 bits per heavy atom. The van der Waals surface area contributed by atoms with Crippen LogP contribution in [0.4, 0.5) is 0 Å². The molecule has 376 valence electrons. The van der Waals surface area contributed by atoms with Gasteiger partial charge in [-0.25, -0.2) is 4.79 Å². The third kappa shape index (κ3) is 8.92. The minimum atomic E-state index is -1.90. The minimum absolute atomic E-state index is 0.0511. The van der Waals surface area contributed by atoms with Gasteiger partial charge in [0, 0.05) is 17.8 Å². The second-order valence-electron chi connectivity index (χ2n) is 21.1. The van der Waals surface area contributed by atoms with Gasteiger partial charge < -0.3 is 84.8 Å². The van der Waals surface area contributed by atoms with Gasteiger partial charge in [0.1, 0.15) is 61.0 Å². The quantitative estimate of drug-likeness (QED) is 0.0838. The molecule has 7 fully saturated rings. The van der Waals surface area contributed by atoms with E-state index in [2.05, 4.69) is 18.8 Å². The summed E-state index contributed by atoms with van der Waals surface area (Å²) >= 11 is 0. The maximum absolute atomic E-state index is 14.4. The maximum Gasteiger partial charge on any atom is 0.326 e. The Labute approximate surface area is 390 Å². The number of carbonyl (C=O) groups excluding carboxylic acids is 1. The molecular weight excluding hydrogens is 879 g/mol. The first kappa shape index (κ1) is 50.7. The highest BCUT2D eigenvalue weighted by Gasteiger charge is 2.69. The van der Waals surface area contributed by atoms with Gasteiger partial charge in [0.25, 0.3) is 0 Å². The molecule has 11 N–H and O–H groups in total. The Kier molecular flexibility index (Phi) is 14.7. The topological polar surface area (TPSA) is 304 Å². The van der Waals surface area contributed by atoms with Crippen LogP contribution in [0.2, 0.25) is 0 Å². The lowest BCUT2D eigenvalue weighted by atomic mass is 9.40. The van der Waals surface area contributed by atoms with Crippen LogP contribution in [-0.2, 0) is 44.4 Å². The van der Waals surface area contributed by atoms with Crippen molar-refractivity contribution in [1.82, 2.24) is 5.32 Å². The molecule has 1 aromatic carbocycles. The van der Waals surface area contributed by atoms with E-state index in [-0.39, 0.29) is 35.0 Å². The zero-order chi connectivity index (χ0) is 48.4. The molecular formula is C48H71NO18. The molecule has 19 nitrogen and oxygen atoms in total. The fourth-order valence-corrected chi connectivity index (χ4v) is 13.7. The normalized spacial score (nSPS) is 47.9. The van der Waals surface area contributed by atoms with Crippen molar-refractivity contribution in [1.29, 1.82) is 0 Å². The van der Waals surface area contributed by atoms with Crippen LogP contribution in [0.5, 0.6) is 0 Å². The predicted octanol–water partition coefficient (Wildman–Crippen LogP) is -0.370. The van der Waals surface area contributed by atoms with Gasteiger partial charge in [0.15, 0.2) is 18.9 Å². The second kappa shape index (κ2) is 19.5. The van der Waals surface area contributed by atoms with E-state index in [1.807, 2.05) is 37.3 Å². The molecule has 3 saturated heterocycles. The Morgan fingerprint density at radius 2 is 1.34 bits per heavy atom. The van der Waals surface area contributed by atoms with Gasteiger partial charge in [-0.2, -0.15) is 0 Å². The number of benzene rings is 1. The van der Waals surface area contributed by atoms with Gasteiger partial charge in [-0.05, 0) is 85.2 Å². The summed E-state index contributed by atoms with van der Waals surface area (Å²) in [5.41, 5.74) is -0.959. The number of hydrogen-bond donors (Lipinski definition) is 11. The van der Waals surface area contributed by atoms with Crippen LogP contribution in [0.25, 0.3) is 0 Å². The SMILES string of the molecule is C=C1C[C@@]23CC[C@H]4[C@@](C)(CCC[C@@]4(C)C(=O)N[C@H](Cc4ccccc4)C(=O)O)[C@@H]2CC[C@]1(O[C@@H]1O[C@H](CO)[C@@H](O)[C@H](O[C@@H]2O[C@H](CO)[C@@H](C)[C@H](O)[C@H]2O)[C@H]1O[C@@H]1O[C@H](CO)[C@@H](O)[C@H](O)[C@H]1O)C3. The molecule has 1 amide bonds. The molecule has 4 saturated carbocycles. The molecule has 0 radical (unpaired) electrons. The van der Waals surface area contributed by atoms with E-state index in [1.165, 1.54) is 0 Å². The first-order valence-electron chi connectivity index (χ1n) is 23.9. The Balaban J connectivity index is 1.07. The molecule has 19 heteroatoms. The van der Waals surface area contributed by atoms with Gasteiger partial charge in [-0.15, -0.1) is 0 Å². The number of carbonyl (C=O) groups is 2. The number of ether oxygens (including phenoxy) is 6. The fourth-order valence-electron chi connectivity index (χ4n) is 13.7. The van der Waals surface area contributed by atoms with Crippen LogP contribution >= 0.6 is 0 Å². The van der Waals surface area contributed by atoms with E-state index < -0.39 is 135 Å². The summed E-state index contributed by atoms with van der Waals surface area (Å²) in [6.45, 7) is 8.33. The van der Waals surface area contributed by atoms with Crippen molar-refractivity contribution in [2.75, 3.05) is 19.8 Å². The molecule has 7 aliphatic rings. The van der Waals surface area contributed by atoms with Crippen molar-refractivity contribution >= 4 is 11.9 Å². The molecule has 1 spiro atoms. The van der Waals surface area contributed by atoms with E-state index >= 15 is 0 Å². The minimum Gasteiger partial charge on any atom is -0.480 e. The summed E-state index contributed by atoms with van der Waals surface area (Å²) in [4.78, 5) is 26.9. The van der Waals surface area contributed by atoms with E-state index in [4.69, 9.17) is 28.4 Å². The van der Waals surface area contributed by atoms with Gasteiger partial charge in [-0.1, -0.05) is 64.1 Å². The van der Waals surface area contributed by atoms with Crippen LogP contribution in [-0.4, -0.2) is 180 Å². The summed E-state index contributed by atoms with van der Waals surface area (Å²) in [7, 11) is 0. The molecule has 0 unspecified atom stereocenters. The fraction of sp³-hybridized carbons (Fsp3) is 0.792. The Bertz CT molecular complexity index is 1930. The van der Waals surface area contributed by atoms with Crippen LogP contribution in [0.1, 0.15) is 84.1 Å². The second-order valence-corrected chi connectivity index (χ2v) is 21.1. The number of aliphatic hydroxyl groups excluding tert-OH is 9. The third-order valence-electron chi connectivity index (χ3n) is 17.3. The average molecular weight is 950 g/mol. The average Bonchev–Trinajstić information content (AvgIpc) is 3.50. The number of nitrogens with one attached hydrogen (secondary N) is 1. The molecule has 4 aliphatic carbocycles. The zero-order valence-corrected chi connectivity index (χ0v) is 38.4. The monoisotopic (exact) mass is 949 g/mol. The van der Waals surface area contributed by atoms with Gasteiger partial charge in [-0.3, -0.25) is 4.79 Å². The van der Waals surface area contributed by atoms with Gasteiger partial charge in [0.2, 0.25) is 5.91 Å². The largest absolute Gasteiger partial charge is 0.480 e. The first-order chi connectivity index (χ1) is 31.8. The van der Waals surface area contributed by atoms with Crippen molar-refractivity contribution in [3.63, 3.8) is 0 Å². The van der Waals surface area contributed by atoms with Gasteiger partial charge in [0.05, 0.1) is 37.6 Å². The number of carboxylic acid groups (broad SMARTS) is 1. The van der Waals surface area contributed by atoms with Crippen LogP contribution in [0, 0.1) is 34.0 Å². The molecule has 2 bridgehead atoms. The Hall–Kier alpha value is -2.70. The third-order valence-corrected chi connectivity index (χ3v) is 17.3. The molecule has 3 heterocycles. The lowest BCUT2D eigenvalue weighted by Gasteiger charge is -2.64. The van der Waals surface area contributed by atoms with Crippen molar-refractivity contribution < 1.29 is 89.1 Å². The summed E-state index contributed by atoms with van der Waals surface area (Å²) in [5.74, 6) is -2.00. The summed E-state index contributed by atoms with van der Waals surface area (Å²) in [6, 6.07) is 8.12. The number of hydrogen-bond acceptors (Lipinski definition) is 17. The first-order valence-corrected chi connectivity index (χ1v) is 23.9. The number of aliphatic hydroxyl groups is 9. The van der Waals surface area contributed by atoms with Crippen LogP contribution in [0.15, 0.2) is 42.5 Å². The predicted molar refractivity (Wildman–Crippen MR) is 232 cm³/mol. The molecule has 3 aliphatic heterocycles. The van der Waals surface area contributed by atoms with Crippen molar-refractivity contribution in [2.24, 2.45) is 34.0 Å². The smallest absolute Gasteiger partial charge is 0.326 e. The lowest BCUT2D eigenvalue weighted by molar-refractivity contribution is -0.398. The highest BCUT2D eigenvalue weighted by molar-refractivity contribution is 5.88. The van der Waals surface area contributed by atoms with Crippen LogP contribution < -0.4 is 5.32 Å². The standard InChI is InChI=1S/C48H71NO18/c1-23-18-47-15-11-30-45(3,13-8-14-46(30,4)44(61)49-26(40(59)60)17-25-9-6-5-7-10-25)31(47)12-16-48(23,22-47)67-43-39(66-42-37(58)35(56)33(54)28(20-51)63-42)38(34(55)29(21-52)64-43)65-41-36(57)32(53)24(2)27(19-50)62-41/h5-7,9-10,24,26-39,41-43,50-58H,1,8,11-22H2,2-4H3,(H,49,61)(H,59,60)/t24-,26-,27-,28-,29-,30+,31+,32+,33-,34-,35+,36-,37-,38+,39-,41+,42+,43+,45-,46-,47-,48+/m1/s1. The highest BCUT2D eigenvalue weighted by Crippen LogP contribution is 2.73. The van der Waals surface area contributed by atoms with E-state index in [0.717, 1.165) is 30.4 Å². The van der Waals surface area contributed by atoms with Gasteiger partial charge >= 0.3 is 5.97 Å². The summed E-state index contributed by atoms with van der Waals surface area (Å²) in [5, 5.41) is 110. The highest BCUT2D eigenvalue weighted by atomic mass is 16.8. The zero-order valence-electron chi connectivity index (χ0n) is 38.4. The summed E-state index contributed by atoms with van der Waals surface area (Å²) < 4.78 is 37.5. The van der Waals surface area contributed by atoms with Crippen LogP contribution in [0.3, 0.4) is 0 Å². The molecule has 0 aromatic heterocycles. The molecule has 22 atom stereocenters.